The summed E-state index contributed by atoms with van der Waals surface area (Å²) in [5.41, 5.74) is 6.90. The molecule has 0 spiro atoms. The molecule has 1 amide bonds. The van der Waals surface area contributed by atoms with Crippen molar-refractivity contribution < 1.29 is 24.2 Å². The monoisotopic (exact) mass is 657 g/mol. The molecule has 0 radical (unpaired) electrons. The number of amides is 1. The molecule has 4 aromatic carbocycles. The molecule has 1 atom stereocenters. The van der Waals surface area contributed by atoms with E-state index < -0.39 is 12.0 Å². The molecule has 4 aromatic rings. The van der Waals surface area contributed by atoms with Gasteiger partial charge in [-0.2, -0.15) is 0 Å². The lowest BCUT2D eigenvalue weighted by atomic mass is 10.0. The van der Waals surface area contributed by atoms with Crippen molar-refractivity contribution >= 4 is 47.1 Å². The van der Waals surface area contributed by atoms with Crippen molar-refractivity contribution in [2.45, 2.75) is 49.9 Å². The molecule has 0 fully saturated rings. The fourth-order valence-electron chi connectivity index (χ4n) is 5.91. The maximum atomic E-state index is 14.1. The normalized spacial score (nSPS) is 12.8. The number of para-hydroxylation sites is 1. The number of fused-ring (bicyclic) bond motifs is 1. The predicted molar refractivity (Wildman–Crippen MR) is 186 cm³/mol. The van der Waals surface area contributed by atoms with Crippen LogP contribution in [0.4, 0.5) is 11.4 Å². The minimum atomic E-state index is -0.916. The van der Waals surface area contributed by atoms with Crippen molar-refractivity contribution in [1.29, 1.82) is 0 Å². The highest BCUT2D eigenvalue weighted by atomic mass is 32.2. The van der Waals surface area contributed by atoms with Crippen LogP contribution in [0.15, 0.2) is 88.7 Å². The van der Waals surface area contributed by atoms with E-state index in [2.05, 4.69) is 42.5 Å². The fraction of sp³-hybridized carbons (Fsp3) is 0.278. The van der Waals surface area contributed by atoms with E-state index in [0.29, 0.717) is 31.1 Å². The van der Waals surface area contributed by atoms with Gasteiger partial charge in [0.15, 0.2) is 0 Å². The van der Waals surface area contributed by atoms with E-state index in [1.165, 1.54) is 29.5 Å². The maximum absolute atomic E-state index is 14.1. The Balaban J connectivity index is 1.51. The second-order valence-electron chi connectivity index (χ2n) is 11.1. The molecule has 0 saturated heterocycles. The molecule has 1 aliphatic rings. The number of nitrogens with one attached hydrogen (secondary N) is 1. The second-order valence-corrected chi connectivity index (χ2v) is 13.0. The van der Waals surface area contributed by atoms with Crippen molar-refractivity contribution in [3.63, 3.8) is 0 Å². The summed E-state index contributed by atoms with van der Waals surface area (Å²) in [5.74, 6) is 0.260. The summed E-state index contributed by atoms with van der Waals surface area (Å²) >= 11 is 2.68. The van der Waals surface area contributed by atoms with E-state index in [9.17, 15) is 14.7 Å². The Hall–Kier alpha value is -4.28. The van der Waals surface area contributed by atoms with Crippen LogP contribution in [0.2, 0.25) is 0 Å². The predicted octanol–water partition coefficient (Wildman–Crippen LogP) is 7.54. The van der Waals surface area contributed by atoms with Gasteiger partial charge in [0.1, 0.15) is 24.1 Å². The number of rotatable bonds is 13. The van der Waals surface area contributed by atoms with Crippen LogP contribution in [0.25, 0.3) is 0 Å². The molecule has 1 aliphatic heterocycles. The highest BCUT2D eigenvalue weighted by Crippen LogP contribution is 2.44. The lowest BCUT2D eigenvalue weighted by molar-refractivity contribution is -0.135. The third kappa shape index (κ3) is 7.40. The minimum absolute atomic E-state index is 0.177. The fourth-order valence-corrected chi connectivity index (χ4v) is 7.67. The number of carbonyl (C=O) groups is 2. The first-order valence-corrected chi connectivity index (χ1v) is 16.7. The SMILES string of the molecule is CCOc1ccccc1SNC(=O)C(c1cccc(OC)c1)N1CCc2c(N(CC(=O)O)Sc3c(C)cc(C)cc3C)cccc21. The summed E-state index contributed by atoms with van der Waals surface area (Å²) < 4.78 is 16.2. The number of hydrogen-bond donors (Lipinski definition) is 2. The number of anilines is 2. The molecule has 240 valence electrons. The first-order valence-electron chi connectivity index (χ1n) is 15.2. The van der Waals surface area contributed by atoms with E-state index in [4.69, 9.17) is 9.47 Å². The molecule has 1 unspecified atom stereocenters. The number of carboxylic acid groups (broad SMARTS) is 1. The molecule has 0 aliphatic carbocycles. The summed E-state index contributed by atoms with van der Waals surface area (Å²) in [7, 11) is 1.61. The Morgan fingerprint density at radius 2 is 1.74 bits per heavy atom. The van der Waals surface area contributed by atoms with Crippen molar-refractivity contribution in [2.24, 2.45) is 0 Å². The van der Waals surface area contributed by atoms with Gasteiger partial charge in [0.05, 0.1) is 24.3 Å². The summed E-state index contributed by atoms with van der Waals surface area (Å²) in [6.07, 6.45) is 0.655. The van der Waals surface area contributed by atoms with Crippen molar-refractivity contribution in [1.82, 2.24) is 4.72 Å². The van der Waals surface area contributed by atoms with Crippen LogP contribution in [0.3, 0.4) is 0 Å². The number of nitrogens with zero attached hydrogens (tertiary/aromatic N) is 2. The minimum Gasteiger partial charge on any atom is -0.497 e. The third-order valence-corrected chi connectivity index (χ3v) is 10.0. The quantitative estimate of drug-likeness (QED) is 0.142. The van der Waals surface area contributed by atoms with Crippen molar-refractivity contribution in [3.8, 4) is 11.5 Å². The maximum Gasteiger partial charge on any atom is 0.324 e. The van der Waals surface area contributed by atoms with Crippen molar-refractivity contribution in [2.75, 3.05) is 36.0 Å². The van der Waals surface area contributed by atoms with E-state index in [-0.39, 0.29) is 12.5 Å². The lowest BCUT2D eigenvalue weighted by Crippen LogP contribution is -2.37. The van der Waals surface area contributed by atoms with E-state index in [1.807, 2.05) is 78.0 Å². The number of benzene rings is 4. The standard InChI is InChI=1S/C36H39N3O5S2/c1-6-44-31-15-7-8-16-32(31)45-37-36(42)34(26-11-9-12-27(21-26)43-5)38-18-17-28-29(38)13-10-14-30(28)39(22-33(40)41)46-35-24(3)19-23(2)20-25(35)4/h7-16,19-21,34H,6,17-18,22H2,1-5H3,(H,37,42)(H,40,41). The third-order valence-electron chi connectivity index (χ3n) is 7.77. The van der Waals surface area contributed by atoms with Gasteiger partial charge in [-0.1, -0.05) is 48.0 Å². The Morgan fingerprint density at radius 1 is 1.00 bits per heavy atom. The van der Waals surface area contributed by atoms with Crippen LogP contribution in [0.1, 0.15) is 40.8 Å². The molecule has 2 N–H and O–H groups in total. The highest BCUT2D eigenvalue weighted by Gasteiger charge is 2.35. The van der Waals surface area contributed by atoms with E-state index in [1.54, 1.807) is 7.11 Å². The number of ether oxygens (including phenoxy) is 2. The average molecular weight is 658 g/mol. The molecular formula is C36H39N3O5S2. The topological polar surface area (TPSA) is 91.3 Å². The van der Waals surface area contributed by atoms with Gasteiger partial charge >= 0.3 is 5.97 Å². The molecule has 46 heavy (non-hydrogen) atoms. The van der Waals surface area contributed by atoms with Gasteiger partial charge in [0, 0.05) is 22.7 Å². The Morgan fingerprint density at radius 3 is 2.46 bits per heavy atom. The molecule has 5 rings (SSSR count). The van der Waals surface area contributed by atoms with Crippen LogP contribution in [0.5, 0.6) is 11.5 Å². The summed E-state index contributed by atoms with van der Waals surface area (Å²) in [6, 6.07) is 24.7. The van der Waals surface area contributed by atoms with Crippen molar-refractivity contribution in [3.05, 3.63) is 107 Å². The second kappa shape index (κ2) is 14.9. The number of carbonyl (C=O) groups excluding carboxylic acids is 1. The molecule has 10 heteroatoms. The van der Waals surface area contributed by atoms with Crippen LogP contribution in [-0.4, -0.2) is 43.8 Å². The molecular weight excluding hydrogens is 619 g/mol. The first kappa shape index (κ1) is 33.1. The summed E-state index contributed by atoms with van der Waals surface area (Å²) in [5, 5.41) is 9.93. The van der Waals surface area contributed by atoms with Gasteiger partial charge in [-0.3, -0.25) is 14.3 Å². The smallest absolute Gasteiger partial charge is 0.324 e. The van der Waals surface area contributed by atoms with Gasteiger partial charge in [-0.25, -0.2) is 0 Å². The first-order chi connectivity index (χ1) is 22.2. The molecule has 1 heterocycles. The Kier molecular flexibility index (Phi) is 10.7. The lowest BCUT2D eigenvalue weighted by Gasteiger charge is -2.31. The number of aryl methyl sites for hydroxylation is 3. The molecule has 0 bridgehead atoms. The Labute approximate surface area is 279 Å². The van der Waals surface area contributed by atoms with Crippen LogP contribution in [-0.2, 0) is 16.0 Å². The van der Waals surface area contributed by atoms with Gasteiger partial charge in [0.25, 0.3) is 5.91 Å². The van der Waals surface area contributed by atoms with Gasteiger partial charge < -0.3 is 23.8 Å². The zero-order valence-electron chi connectivity index (χ0n) is 26.7. The van der Waals surface area contributed by atoms with Crippen LogP contribution < -0.4 is 23.4 Å². The molecule has 0 aromatic heterocycles. The highest BCUT2D eigenvalue weighted by molar-refractivity contribution is 8.00. The number of aliphatic carboxylic acids is 1. The number of hydrogen-bond acceptors (Lipinski definition) is 8. The number of carboxylic acids is 1. The largest absolute Gasteiger partial charge is 0.497 e. The van der Waals surface area contributed by atoms with Gasteiger partial charge in [-0.15, -0.1) is 0 Å². The molecule has 0 saturated carbocycles. The zero-order chi connectivity index (χ0) is 32.8. The summed E-state index contributed by atoms with van der Waals surface area (Å²) in [4.78, 5) is 30.2. The van der Waals surface area contributed by atoms with Gasteiger partial charge in [0.2, 0.25) is 0 Å². The van der Waals surface area contributed by atoms with Crippen LogP contribution in [0, 0.1) is 20.8 Å². The van der Waals surface area contributed by atoms with E-state index in [0.717, 1.165) is 43.4 Å². The van der Waals surface area contributed by atoms with E-state index >= 15 is 0 Å². The van der Waals surface area contributed by atoms with Crippen LogP contribution >= 0.6 is 23.9 Å². The zero-order valence-corrected chi connectivity index (χ0v) is 28.3. The number of methoxy groups -OCH3 is 1. The Bertz CT molecular complexity index is 1710. The molecule has 8 nitrogen and oxygen atoms in total. The average Bonchev–Trinajstić information content (AvgIpc) is 3.46. The van der Waals surface area contributed by atoms with Gasteiger partial charge in [-0.05, 0) is 111 Å². The summed E-state index contributed by atoms with van der Waals surface area (Å²) in [6.45, 7) is 9.02.